The maximum Gasteiger partial charge on any atom is 0.00446 e. The van der Waals surface area contributed by atoms with Gasteiger partial charge in [-0.1, -0.05) is 63.6 Å². The maximum atomic E-state index is 6.19. The van der Waals surface area contributed by atoms with Gasteiger partial charge in [0.1, 0.15) is 0 Å². The molecule has 1 aromatic rings. The van der Waals surface area contributed by atoms with Gasteiger partial charge in [0, 0.05) is 6.04 Å². The number of fused-ring (bicyclic) bond motifs is 1. The summed E-state index contributed by atoms with van der Waals surface area (Å²) in [5.74, 6) is 1.66. The molecule has 0 bridgehead atoms. The average molecular weight is 314 g/mol. The van der Waals surface area contributed by atoms with Crippen LogP contribution in [0.15, 0.2) is 18.2 Å². The Labute approximate surface area is 143 Å². The van der Waals surface area contributed by atoms with Crippen molar-refractivity contribution in [2.24, 2.45) is 11.7 Å². The zero-order chi connectivity index (χ0) is 16.1. The van der Waals surface area contributed by atoms with Gasteiger partial charge in [-0.25, -0.2) is 0 Å². The molecular formula is C22H35N. The van der Waals surface area contributed by atoms with E-state index in [-0.39, 0.29) is 0 Å². The standard InChI is InChI=1S/C22H35N/c1-2-3-4-5-7-17-10-11-20-15-21(13-12-19(20)14-17)18-8-6-9-22(23)16-18/h12-13,15,17-18,22H,2-11,14,16,23H2,1H3/t17-,18?,22?/m1/s1. The van der Waals surface area contributed by atoms with Crippen molar-refractivity contribution >= 4 is 0 Å². The molecule has 2 aliphatic rings. The Morgan fingerprint density at radius 1 is 1.04 bits per heavy atom. The molecule has 3 rings (SSSR count). The number of unbranched alkanes of at least 4 members (excludes halogenated alkanes) is 3. The minimum Gasteiger partial charge on any atom is -0.328 e. The van der Waals surface area contributed by atoms with E-state index in [1.807, 2.05) is 0 Å². The molecule has 23 heavy (non-hydrogen) atoms. The summed E-state index contributed by atoms with van der Waals surface area (Å²) < 4.78 is 0. The molecule has 0 spiro atoms. The molecule has 1 fully saturated rings. The Morgan fingerprint density at radius 2 is 1.96 bits per heavy atom. The maximum absolute atomic E-state index is 6.19. The summed E-state index contributed by atoms with van der Waals surface area (Å²) in [6.07, 6.45) is 16.2. The predicted octanol–water partition coefficient (Wildman–Crippen LogP) is 5.75. The second-order valence-electron chi connectivity index (χ2n) is 8.11. The first-order valence-electron chi connectivity index (χ1n) is 10.1. The largest absolute Gasteiger partial charge is 0.328 e. The Kier molecular flexibility index (Phi) is 6.16. The first-order valence-corrected chi connectivity index (χ1v) is 10.1. The van der Waals surface area contributed by atoms with Crippen LogP contribution in [0.5, 0.6) is 0 Å². The fourth-order valence-electron chi connectivity index (χ4n) is 4.74. The molecule has 128 valence electrons. The average Bonchev–Trinajstić information content (AvgIpc) is 2.58. The molecule has 2 unspecified atom stereocenters. The summed E-state index contributed by atoms with van der Waals surface area (Å²) in [6.45, 7) is 2.30. The number of aryl methyl sites for hydroxylation is 1. The lowest BCUT2D eigenvalue weighted by Gasteiger charge is -2.29. The molecule has 1 saturated carbocycles. The topological polar surface area (TPSA) is 26.0 Å². The highest BCUT2D eigenvalue weighted by Crippen LogP contribution is 2.35. The highest BCUT2D eigenvalue weighted by molar-refractivity contribution is 5.36. The third kappa shape index (κ3) is 4.59. The number of rotatable bonds is 6. The molecule has 3 atom stereocenters. The minimum atomic E-state index is 0.428. The van der Waals surface area contributed by atoms with Crippen molar-refractivity contribution in [1.29, 1.82) is 0 Å². The van der Waals surface area contributed by atoms with Crippen LogP contribution in [0.2, 0.25) is 0 Å². The normalized spacial score (nSPS) is 27.7. The number of benzene rings is 1. The molecule has 0 aromatic heterocycles. The van der Waals surface area contributed by atoms with E-state index in [1.54, 1.807) is 16.7 Å². The van der Waals surface area contributed by atoms with Crippen LogP contribution in [0, 0.1) is 5.92 Å². The second-order valence-corrected chi connectivity index (χ2v) is 8.11. The predicted molar refractivity (Wildman–Crippen MR) is 99.9 cm³/mol. The summed E-state index contributed by atoms with van der Waals surface area (Å²) in [5, 5.41) is 0. The first kappa shape index (κ1) is 17.0. The van der Waals surface area contributed by atoms with Crippen LogP contribution in [0.25, 0.3) is 0 Å². The van der Waals surface area contributed by atoms with E-state index in [2.05, 4.69) is 25.1 Å². The van der Waals surface area contributed by atoms with E-state index in [1.165, 1.54) is 77.0 Å². The van der Waals surface area contributed by atoms with Crippen LogP contribution in [0.3, 0.4) is 0 Å². The Balaban J connectivity index is 1.57. The molecule has 0 radical (unpaired) electrons. The van der Waals surface area contributed by atoms with E-state index in [9.17, 15) is 0 Å². The van der Waals surface area contributed by atoms with E-state index in [0.29, 0.717) is 6.04 Å². The van der Waals surface area contributed by atoms with E-state index in [0.717, 1.165) is 11.8 Å². The molecular weight excluding hydrogens is 278 g/mol. The lowest BCUT2D eigenvalue weighted by Crippen LogP contribution is -2.27. The summed E-state index contributed by atoms with van der Waals surface area (Å²) in [5.41, 5.74) is 11.0. The summed E-state index contributed by atoms with van der Waals surface area (Å²) >= 11 is 0. The molecule has 0 amide bonds. The summed E-state index contributed by atoms with van der Waals surface area (Å²) in [6, 6.07) is 7.83. The molecule has 1 aromatic carbocycles. The summed E-state index contributed by atoms with van der Waals surface area (Å²) in [7, 11) is 0. The number of hydrogen-bond donors (Lipinski definition) is 1. The van der Waals surface area contributed by atoms with Crippen LogP contribution in [0.4, 0.5) is 0 Å². The molecule has 2 aliphatic carbocycles. The quantitative estimate of drug-likeness (QED) is 0.665. The molecule has 2 N–H and O–H groups in total. The van der Waals surface area contributed by atoms with Gasteiger partial charge in [0.2, 0.25) is 0 Å². The lowest BCUT2D eigenvalue weighted by atomic mass is 9.77. The number of hydrogen-bond acceptors (Lipinski definition) is 1. The smallest absolute Gasteiger partial charge is 0.00446 e. The third-order valence-corrected chi connectivity index (χ3v) is 6.21. The fourth-order valence-corrected chi connectivity index (χ4v) is 4.74. The van der Waals surface area contributed by atoms with Gasteiger partial charge in [0.05, 0.1) is 0 Å². The minimum absolute atomic E-state index is 0.428. The van der Waals surface area contributed by atoms with E-state index >= 15 is 0 Å². The molecule has 0 saturated heterocycles. The fraction of sp³-hybridized carbons (Fsp3) is 0.727. The Morgan fingerprint density at radius 3 is 2.78 bits per heavy atom. The zero-order valence-electron chi connectivity index (χ0n) is 15.0. The van der Waals surface area contributed by atoms with Crippen LogP contribution in [0.1, 0.15) is 93.7 Å². The van der Waals surface area contributed by atoms with Crippen molar-refractivity contribution in [2.75, 3.05) is 0 Å². The lowest BCUT2D eigenvalue weighted by molar-refractivity contribution is 0.390. The number of nitrogens with two attached hydrogens (primary N) is 1. The van der Waals surface area contributed by atoms with Crippen molar-refractivity contribution < 1.29 is 0 Å². The van der Waals surface area contributed by atoms with Gasteiger partial charge < -0.3 is 5.73 Å². The van der Waals surface area contributed by atoms with Crippen molar-refractivity contribution in [3.8, 4) is 0 Å². The van der Waals surface area contributed by atoms with Crippen molar-refractivity contribution in [3.63, 3.8) is 0 Å². The van der Waals surface area contributed by atoms with Gasteiger partial charge in [-0.05, 0) is 67.1 Å². The highest BCUT2D eigenvalue weighted by Gasteiger charge is 2.23. The van der Waals surface area contributed by atoms with Gasteiger partial charge in [0.25, 0.3) is 0 Å². The Hall–Kier alpha value is -0.820. The van der Waals surface area contributed by atoms with Gasteiger partial charge in [-0.2, -0.15) is 0 Å². The SMILES string of the molecule is CCCCCC[C@@H]1CCc2cc(C3CCCC(N)C3)ccc2C1. The van der Waals surface area contributed by atoms with Crippen molar-refractivity contribution in [3.05, 3.63) is 34.9 Å². The van der Waals surface area contributed by atoms with Crippen LogP contribution < -0.4 is 5.73 Å². The van der Waals surface area contributed by atoms with Gasteiger partial charge in [0.15, 0.2) is 0 Å². The van der Waals surface area contributed by atoms with Crippen molar-refractivity contribution in [1.82, 2.24) is 0 Å². The first-order chi connectivity index (χ1) is 11.3. The monoisotopic (exact) mass is 313 g/mol. The highest BCUT2D eigenvalue weighted by atomic mass is 14.6. The van der Waals surface area contributed by atoms with Gasteiger partial charge in [-0.3, -0.25) is 0 Å². The zero-order valence-corrected chi connectivity index (χ0v) is 15.0. The van der Waals surface area contributed by atoms with Gasteiger partial charge >= 0.3 is 0 Å². The molecule has 1 nitrogen and oxygen atoms in total. The Bertz CT molecular complexity index is 493. The summed E-state index contributed by atoms with van der Waals surface area (Å²) in [4.78, 5) is 0. The van der Waals surface area contributed by atoms with Crippen molar-refractivity contribution in [2.45, 2.75) is 95.9 Å². The van der Waals surface area contributed by atoms with Crippen LogP contribution in [-0.2, 0) is 12.8 Å². The van der Waals surface area contributed by atoms with Crippen LogP contribution >= 0.6 is 0 Å². The van der Waals surface area contributed by atoms with Gasteiger partial charge in [-0.15, -0.1) is 0 Å². The second kappa shape index (κ2) is 8.33. The molecule has 0 aliphatic heterocycles. The van der Waals surface area contributed by atoms with Crippen LogP contribution in [-0.4, -0.2) is 6.04 Å². The molecule has 0 heterocycles. The van der Waals surface area contributed by atoms with E-state index in [4.69, 9.17) is 5.73 Å². The molecule has 1 heteroatoms. The van der Waals surface area contributed by atoms with E-state index < -0.39 is 0 Å². The third-order valence-electron chi connectivity index (χ3n) is 6.21.